The van der Waals surface area contributed by atoms with Gasteiger partial charge < -0.3 is 5.32 Å². The Morgan fingerprint density at radius 2 is 2.38 bits per heavy atom. The Morgan fingerprint density at radius 1 is 1.62 bits per heavy atom. The van der Waals surface area contributed by atoms with Gasteiger partial charge in [-0.25, -0.2) is 10.3 Å². The fourth-order valence-electron chi connectivity index (χ4n) is 2.12. The molecule has 2 N–H and O–H groups in total. The number of hydrogen-bond acceptors (Lipinski definition) is 3. The Bertz CT molecular complexity index is 223. The standard InChI is InChI=1S/C11H23N3O2/c1-9-5-4-6-14(8-9)10(2)7-12-11(15)13-16-3/h9-10H,4-8H2,1-3H3,(H2,12,13,15)/t9-,10+/m1/s1. The van der Waals surface area contributed by atoms with Crippen LogP contribution in [0.15, 0.2) is 0 Å². The molecule has 16 heavy (non-hydrogen) atoms. The molecule has 0 aromatic carbocycles. The molecule has 5 heteroatoms. The van der Waals surface area contributed by atoms with Crippen molar-refractivity contribution in [2.75, 3.05) is 26.7 Å². The van der Waals surface area contributed by atoms with Crippen molar-refractivity contribution in [3.8, 4) is 0 Å². The highest BCUT2D eigenvalue weighted by atomic mass is 16.6. The van der Waals surface area contributed by atoms with Gasteiger partial charge in [0.05, 0.1) is 7.11 Å². The lowest BCUT2D eigenvalue weighted by molar-refractivity contribution is 0.103. The molecule has 1 rings (SSSR count). The Labute approximate surface area is 97.5 Å². The number of rotatable bonds is 4. The topological polar surface area (TPSA) is 53.6 Å². The molecule has 0 aromatic heterocycles. The fourth-order valence-corrected chi connectivity index (χ4v) is 2.12. The zero-order chi connectivity index (χ0) is 12.0. The third-order valence-corrected chi connectivity index (χ3v) is 3.06. The third kappa shape index (κ3) is 4.37. The van der Waals surface area contributed by atoms with Crippen molar-refractivity contribution in [2.24, 2.45) is 5.92 Å². The van der Waals surface area contributed by atoms with Crippen molar-refractivity contribution in [3.05, 3.63) is 0 Å². The molecule has 1 aliphatic heterocycles. The van der Waals surface area contributed by atoms with Crippen LogP contribution in [0.2, 0.25) is 0 Å². The average molecular weight is 229 g/mol. The van der Waals surface area contributed by atoms with E-state index in [9.17, 15) is 4.79 Å². The monoisotopic (exact) mass is 229 g/mol. The molecular weight excluding hydrogens is 206 g/mol. The van der Waals surface area contributed by atoms with Gasteiger partial charge in [-0.05, 0) is 32.2 Å². The van der Waals surface area contributed by atoms with E-state index in [1.807, 2.05) is 0 Å². The number of amides is 2. The summed E-state index contributed by atoms with van der Waals surface area (Å²) < 4.78 is 0. The van der Waals surface area contributed by atoms with Crippen molar-refractivity contribution < 1.29 is 9.63 Å². The van der Waals surface area contributed by atoms with Gasteiger partial charge in [-0.15, -0.1) is 0 Å². The first-order valence-electron chi connectivity index (χ1n) is 5.94. The van der Waals surface area contributed by atoms with Crippen LogP contribution in [0.3, 0.4) is 0 Å². The molecule has 1 saturated heterocycles. The smallest absolute Gasteiger partial charge is 0.335 e. The summed E-state index contributed by atoms with van der Waals surface area (Å²) in [5.41, 5.74) is 2.24. The van der Waals surface area contributed by atoms with Crippen molar-refractivity contribution in [2.45, 2.75) is 32.7 Å². The number of hydrogen-bond donors (Lipinski definition) is 2. The van der Waals surface area contributed by atoms with Crippen LogP contribution in [0.1, 0.15) is 26.7 Å². The van der Waals surface area contributed by atoms with E-state index >= 15 is 0 Å². The lowest BCUT2D eigenvalue weighted by atomic mass is 9.99. The van der Waals surface area contributed by atoms with Gasteiger partial charge in [-0.2, -0.15) is 0 Å². The molecule has 1 aliphatic rings. The fraction of sp³-hybridized carbons (Fsp3) is 0.909. The largest absolute Gasteiger partial charge is 0.338 e. The highest BCUT2D eigenvalue weighted by molar-refractivity contribution is 5.72. The molecule has 2 atom stereocenters. The first-order valence-corrected chi connectivity index (χ1v) is 5.94. The first kappa shape index (κ1) is 13.3. The number of nitrogens with zero attached hydrogens (tertiary/aromatic N) is 1. The van der Waals surface area contributed by atoms with Crippen LogP contribution in [-0.4, -0.2) is 43.7 Å². The summed E-state index contributed by atoms with van der Waals surface area (Å²) >= 11 is 0. The lowest BCUT2D eigenvalue weighted by Crippen LogP contribution is -2.47. The summed E-state index contributed by atoms with van der Waals surface area (Å²) in [6, 6.07) is 0.102. The second kappa shape index (κ2) is 6.70. The highest BCUT2D eigenvalue weighted by Crippen LogP contribution is 2.17. The number of carbonyl (C=O) groups is 1. The van der Waals surface area contributed by atoms with E-state index in [0.29, 0.717) is 12.6 Å². The third-order valence-electron chi connectivity index (χ3n) is 3.06. The van der Waals surface area contributed by atoms with Crippen molar-refractivity contribution in [1.29, 1.82) is 0 Å². The van der Waals surface area contributed by atoms with Gasteiger partial charge in [0.2, 0.25) is 0 Å². The van der Waals surface area contributed by atoms with E-state index < -0.39 is 0 Å². The molecule has 1 fully saturated rings. The van der Waals surface area contributed by atoms with Crippen LogP contribution < -0.4 is 10.8 Å². The summed E-state index contributed by atoms with van der Waals surface area (Å²) in [6.07, 6.45) is 2.58. The van der Waals surface area contributed by atoms with E-state index in [0.717, 1.165) is 19.0 Å². The minimum absolute atomic E-state index is 0.278. The molecule has 0 unspecified atom stereocenters. The van der Waals surface area contributed by atoms with Crippen molar-refractivity contribution in [1.82, 2.24) is 15.7 Å². The van der Waals surface area contributed by atoms with Gasteiger partial charge in [0.25, 0.3) is 0 Å². The SMILES string of the molecule is CONC(=O)NC[C@H](C)N1CCC[C@@H](C)C1. The molecule has 2 amide bonds. The molecule has 0 spiro atoms. The molecular formula is C11H23N3O2. The molecule has 0 radical (unpaired) electrons. The number of piperidine rings is 1. The predicted molar refractivity (Wildman–Crippen MR) is 63.0 cm³/mol. The molecule has 94 valence electrons. The Balaban J connectivity index is 2.23. The maximum Gasteiger partial charge on any atom is 0.338 e. The maximum atomic E-state index is 11.1. The van der Waals surface area contributed by atoms with E-state index in [-0.39, 0.29) is 6.03 Å². The van der Waals surface area contributed by atoms with E-state index in [2.05, 4.69) is 34.4 Å². The van der Waals surface area contributed by atoms with Crippen LogP contribution in [0.5, 0.6) is 0 Å². The zero-order valence-corrected chi connectivity index (χ0v) is 10.5. The first-order chi connectivity index (χ1) is 7.63. The van der Waals surface area contributed by atoms with Gasteiger partial charge in [-0.3, -0.25) is 9.74 Å². The summed E-state index contributed by atoms with van der Waals surface area (Å²) in [5.74, 6) is 0.768. The normalized spacial score (nSPS) is 23.8. The summed E-state index contributed by atoms with van der Waals surface area (Å²) in [6.45, 7) is 7.35. The van der Waals surface area contributed by atoms with Crippen molar-refractivity contribution >= 4 is 6.03 Å². The van der Waals surface area contributed by atoms with E-state index in [1.54, 1.807) is 0 Å². The van der Waals surface area contributed by atoms with Gasteiger partial charge >= 0.3 is 6.03 Å². The molecule has 0 saturated carbocycles. The minimum atomic E-state index is -0.278. The van der Waals surface area contributed by atoms with Crippen molar-refractivity contribution in [3.63, 3.8) is 0 Å². The minimum Gasteiger partial charge on any atom is -0.335 e. The number of hydroxylamine groups is 1. The zero-order valence-electron chi connectivity index (χ0n) is 10.5. The predicted octanol–water partition coefficient (Wildman–Crippen LogP) is 0.967. The van der Waals surface area contributed by atoms with E-state index in [4.69, 9.17) is 0 Å². The number of likely N-dealkylation sites (tertiary alicyclic amines) is 1. The van der Waals surface area contributed by atoms with Crippen LogP contribution >= 0.6 is 0 Å². The van der Waals surface area contributed by atoms with Crippen LogP contribution in [0.25, 0.3) is 0 Å². The van der Waals surface area contributed by atoms with Gasteiger partial charge in [0.1, 0.15) is 0 Å². The Hall–Kier alpha value is -0.810. The summed E-state index contributed by atoms with van der Waals surface area (Å²) in [4.78, 5) is 18.1. The molecule has 1 heterocycles. The molecule has 5 nitrogen and oxygen atoms in total. The number of urea groups is 1. The lowest BCUT2D eigenvalue weighted by Gasteiger charge is -2.35. The Morgan fingerprint density at radius 3 is 3.00 bits per heavy atom. The molecule has 0 bridgehead atoms. The second-order valence-electron chi connectivity index (χ2n) is 4.61. The Kier molecular flexibility index (Phi) is 5.55. The van der Waals surface area contributed by atoms with Crippen LogP contribution in [0.4, 0.5) is 4.79 Å². The maximum absolute atomic E-state index is 11.1. The van der Waals surface area contributed by atoms with E-state index in [1.165, 1.54) is 20.0 Å². The van der Waals surface area contributed by atoms with Gasteiger partial charge in [-0.1, -0.05) is 6.92 Å². The highest BCUT2D eigenvalue weighted by Gasteiger charge is 2.20. The van der Waals surface area contributed by atoms with Crippen LogP contribution in [-0.2, 0) is 4.84 Å². The van der Waals surface area contributed by atoms with Gasteiger partial charge in [0, 0.05) is 19.1 Å². The van der Waals surface area contributed by atoms with Gasteiger partial charge in [0.15, 0.2) is 0 Å². The number of carbonyl (C=O) groups excluding carboxylic acids is 1. The summed E-state index contributed by atoms with van der Waals surface area (Å²) in [5, 5.41) is 2.78. The molecule has 0 aromatic rings. The molecule has 0 aliphatic carbocycles. The second-order valence-corrected chi connectivity index (χ2v) is 4.61. The summed E-state index contributed by atoms with van der Waals surface area (Å²) in [7, 11) is 1.43. The average Bonchev–Trinajstić information content (AvgIpc) is 2.26. The van der Waals surface area contributed by atoms with Crippen LogP contribution in [0, 0.1) is 5.92 Å². The quantitative estimate of drug-likeness (QED) is 0.706. The number of nitrogens with one attached hydrogen (secondary N) is 2.